The van der Waals surface area contributed by atoms with Crippen LogP contribution in [-0.4, -0.2) is 57.3 Å². The Balaban J connectivity index is 1.35. The molecule has 0 aromatic heterocycles. The van der Waals surface area contributed by atoms with E-state index in [1.807, 2.05) is 42.5 Å². The van der Waals surface area contributed by atoms with E-state index in [0.717, 1.165) is 43.8 Å². The van der Waals surface area contributed by atoms with Crippen LogP contribution in [0.5, 0.6) is 17.2 Å². The van der Waals surface area contributed by atoms with Gasteiger partial charge in [-0.25, -0.2) is 0 Å². The predicted octanol–water partition coefficient (Wildman–Crippen LogP) is 3.95. The smallest absolute Gasteiger partial charge is 0.220 e. The monoisotopic (exact) mass is 446 g/mol. The molecule has 0 unspecified atom stereocenters. The number of amides is 1. The number of hydrogen-bond acceptors (Lipinski definition) is 5. The molecule has 0 aliphatic carbocycles. The van der Waals surface area contributed by atoms with Gasteiger partial charge in [0.1, 0.15) is 12.4 Å². The maximum absolute atomic E-state index is 12.4. The maximum atomic E-state index is 12.4. The number of methoxy groups -OCH3 is 2. The number of likely N-dealkylation sites (tertiary alicyclic amines) is 1. The molecule has 2 aromatic rings. The average Bonchev–Trinajstić information content (AvgIpc) is 2.79. The third kappa shape index (κ3) is 7.04. The highest BCUT2D eigenvalue weighted by atomic mass is 35.5. The summed E-state index contributed by atoms with van der Waals surface area (Å²) >= 11 is 5.89. The molecule has 1 N–H and O–H groups in total. The van der Waals surface area contributed by atoms with Crippen molar-refractivity contribution in [2.24, 2.45) is 0 Å². The Morgan fingerprint density at radius 1 is 1.10 bits per heavy atom. The highest BCUT2D eigenvalue weighted by Crippen LogP contribution is 2.31. The summed E-state index contributed by atoms with van der Waals surface area (Å²) in [5.41, 5.74) is 0.979. The van der Waals surface area contributed by atoms with Gasteiger partial charge in [0, 0.05) is 37.1 Å². The Labute approximate surface area is 189 Å². The number of nitrogens with one attached hydrogen (secondary N) is 1. The number of ether oxygens (including phenoxy) is 3. The molecule has 1 heterocycles. The number of hydrogen-bond donors (Lipinski definition) is 1. The normalized spacial score (nSPS) is 14.8. The summed E-state index contributed by atoms with van der Waals surface area (Å²) < 4.78 is 16.6. The first-order chi connectivity index (χ1) is 15.1. The van der Waals surface area contributed by atoms with Crippen LogP contribution in [0.4, 0.5) is 0 Å². The molecule has 7 heteroatoms. The van der Waals surface area contributed by atoms with Crippen LogP contribution in [0.2, 0.25) is 5.02 Å². The lowest BCUT2D eigenvalue weighted by atomic mass is 10.0. The molecule has 0 bridgehead atoms. The van der Waals surface area contributed by atoms with Gasteiger partial charge in [-0.05, 0) is 55.2 Å². The molecular formula is C24H31ClN2O4. The third-order valence-electron chi connectivity index (χ3n) is 5.55. The van der Waals surface area contributed by atoms with Crippen LogP contribution in [0.1, 0.15) is 24.8 Å². The molecule has 0 spiro atoms. The minimum absolute atomic E-state index is 0.0781. The number of aryl methyl sites for hydroxylation is 1. The summed E-state index contributed by atoms with van der Waals surface area (Å²) in [4.78, 5) is 14.8. The van der Waals surface area contributed by atoms with Gasteiger partial charge in [0.2, 0.25) is 5.91 Å². The summed E-state index contributed by atoms with van der Waals surface area (Å²) in [6, 6.07) is 13.4. The highest BCUT2D eigenvalue weighted by Gasteiger charge is 2.21. The van der Waals surface area contributed by atoms with Crippen molar-refractivity contribution in [3.63, 3.8) is 0 Å². The van der Waals surface area contributed by atoms with Crippen molar-refractivity contribution < 1.29 is 19.0 Å². The molecule has 6 nitrogen and oxygen atoms in total. The molecule has 1 fully saturated rings. The van der Waals surface area contributed by atoms with E-state index in [0.29, 0.717) is 36.0 Å². The van der Waals surface area contributed by atoms with Crippen molar-refractivity contribution in [1.82, 2.24) is 10.2 Å². The Kier molecular flexibility index (Phi) is 8.85. The number of rotatable bonds is 10. The fourth-order valence-electron chi connectivity index (χ4n) is 3.82. The summed E-state index contributed by atoms with van der Waals surface area (Å²) in [5.74, 6) is 2.30. The number of halogens is 1. The van der Waals surface area contributed by atoms with Gasteiger partial charge < -0.3 is 19.5 Å². The fraction of sp³-hybridized carbons (Fsp3) is 0.458. The molecule has 0 saturated carbocycles. The zero-order chi connectivity index (χ0) is 22.1. The lowest BCUT2D eigenvalue weighted by Gasteiger charge is -2.32. The van der Waals surface area contributed by atoms with Crippen molar-refractivity contribution in [2.45, 2.75) is 31.7 Å². The van der Waals surface area contributed by atoms with E-state index in [-0.39, 0.29) is 11.9 Å². The second-order valence-corrected chi connectivity index (χ2v) is 8.07. The molecule has 168 valence electrons. The number of benzene rings is 2. The summed E-state index contributed by atoms with van der Waals surface area (Å²) in [6.45, 7) is 3.43. The van der Waals surface area contributed by atoms with E-state index in [2.05, 4.69) is 10.2 Å². The average molecular weight is 447 g/mol. The van der Waals surface area contributed by atoms with Gasteiger partial charge in [-0.15, -0.1) is 0 Å². The van der Waals surface area contributed by atoms with Gasteiger partial charge in [0.25, 0.3) is 0 Å². The zero-order valence-electron chi connectivity index (χ0n) is 18.2. The van der Waals surface area contributed by atoms with Gasteiger partial charge >= 0.3 is 0 Å². The van der Waals surface area contributed by atoms with Crippen molar-refractivity contribution in [3.05, 3.63) is 53.1 Å². The van der Waals surface area contributed by atoms with Gasteiger partial charge in [-0.1, -0.05) is 23.7 Å². The second-order valence-electron chi connectivity index (χ2n) is 7.64. The maximum Gasteiger partial charge on any atom is 0.220 e. The molecule has 0 atom stereocenters. The third-order valence-corrected chi connectivity index (χ3v) is 5.80. The predicted molar refractivity (Wildman–Crippen MR) is 122 cm³/mol. The van der Waals surface area contributed by atoms with Crippen molar-refractivity contribution in [2.75, 3.05) is 40.5 Å². The Morgan fingerprint density at radius 3 is 2.52 bits per heavy atom. The molecule has 1 amide bonds. The standard InChI is InChI=1S/C24H31ClN2O4/c1-29-22-5-3-4-18(24(22)30-2)6-11-23(28)26-20-12-14-27(15-13-20)16-17-31-21-9-7-19(25)8-10-21/h3-5,7-10,20H,6,11-17H2,1-2H3,(H,26,28). The van der Waals surface area contributed by atoms with Gasteiger partial charge in [-0.2, -0.15) is 0 Å². The minimum atomic E-state index is 0.0781. The molecule has 1 saturated heterocycles. The molecule has 1 aliphatic heterocycles. The number of piperidine rings is 1. The van der Waals surface area contributed by atoms with Crippen LogP contribution < -0.4 is 19.5 Å². The SMILES string of the molecule is COc1cccc(CCC(=O)NC2CCN(CCOc3ccc(Cl)cc3)CC2)c1OC. The van der Waals surface area contributed by atoms with Crippen molar-refractivity contribution in [3.8, 4) is 17.2 Å². The van der Waals surface area contributed by atoms with Gasteiger partial charge in [0.05, 0.1) is 14.2 Å². The zero-order valence-corrected chi connectivity index (χ0v) is 19.0. The number of nitrogens with zero attached hydrogens (tertiary/aromatic N) is 1. The van der Waals surface area contributed by atoms with E-state index >= 15 is 0 Å². The van der Waals surface area contributed by atoms with Crippen LogP contribution in [0, 0.1) is 0 Å². The molecule has 1 aliphatic rings. The topological polar surface area (TPSA) is 60.0 Å². The summed E-state index contributed by atoms with van der Waals surface area (Å²) in [5, 5.41) is 3.89. The van der Waals surface area contributed by atoms with Crippen LogP contribution in [0.25, 0.3) is 0 Å². The lowest BCUT2D eigenvalue weighted by molar-refractivity contribution is -0.122. The first-order valence-electron chi connectivity index (χ1n) is 10.7. The summed E-state index contributed by atoms with van der Waals surface area (Å²) in [7, 11) is 3.24. The number of carbonyl (C=O) groups is 1. The first-order valence-corrected chi connectivity index (χ1v) is 11.1. The van der Waals surface area contributed by atoms with Crippen molar-refractivity contribution in [1.29, 1.82) is 0 Å². The quantitative estimate of drug-likeness (QED) is 0.598. The fourth-order valence-corrected chi connectivity index (χ4v) is 3.95. The molecule has 2 aromatic carbocycles. The summed E-state index contributed by atoms with van der Waals surface area (Å²) in [6.07, 6.45) is 2.95. The largest absolute Gasteiger partial charge is 0.493 e. The van der Waals surface area contributed by atoms with Crippen LogP contribution in [0.15, 0.2) is 42.5 Å². The molecule has 0 radical (unpaired) electrons. The minimum Gasteiger partial charge on any atom is -0.493 e. The Bertz CT molecular complexity index is 836. The van der Waals surface area contributed by atoms with E-state index in [1.165, 1.54) is 0 Å². The first kappa shape index (κ1) is 23.2. The van der Waals surface area contributed by atoms with E-state index in [9.17, 15) is 4.79 Å². The highest BCUT2D eigenvalue weighted by molar-refractivity contribution is 6.30. The number of para-hydroxylation sites is 1. The van der Waals surface area contributed by atoms with Gasteiger partial charge in [0.15, 0.2) is 11.5 Å². The van der Waals surface area contributed by atoms with E-state index < -0.39 is 0 Å². The second kappa shape index (κ2) is 11.8. The number of carbonyl (C=O) groups excluding carboxylic acids is 1. The Morgan fingerprint density at radius 2 is 1.84 bits per heavy atom. The molecular weight excluding hydrogens is 416 g/mol. The molecule has 3 rings (SSSR count). The van der Waals surface area contributed by atoms with E-state index in [1.54, 1.807) is 14.2 Å². The van der Waals surface area contributed by atoms with E-state index in [4.69, 9.17) is 25.8 Å². The van der Waals surface area contributed by atoms with Crippen LogP contribution in [-0.2, 0) is 11.2 Å². The van der Waals surface area contributed by atoms with Crippen LogP contribution >= 0.6 is 11.6 Å². The van der Waals surface area contributed by atoms with Gasteiger partial charge in [-0.3, -0.25) is 9.69 Å². The van der Waals surface area contributed by atoms with Crippen molar-refractivity contribution >= 4 is 17.5 Å². The lowest BCUT2D eigenvalue weighted by Crippen LogP contribution is -2.45. The molecule has 31 heavy (non-hydrogen) atoms. The Hall–Kier alpha value is -2.44. The van der Waals surface area contributed by atoms with Crippen LogP contribution in [0.3, 0.4) is 0 Å².